The molecule has 1 saturated heterocycles. The minimum absolute atomic E-state index is 0. The second-order valence-electron chi connectivity index (χ2n) is 6.10. The lowest BCUT2D eigenvalue weighted by atomic mass is 10.4. The SMILES string of the molecule is CSCCCNC(=NCc1nnc(C)n1C)NCC(=O)N1CCCC1.I. The highest BCUT2D eigenvalue weighted by molar-refractivity contribution is 14.0. The van der Waals surface area contributed by atoms with E-state index in [1.807, 2.05) is 35.2 Å². The topological polar surface area (TPSA) is 87.4 Å². The normalized spacial score (nSPS) is 14.3. The third-order valence-corrected chi connectivity index (χ3v) is 4.94. The summed E-state index contributed by atoms with van der Waals surface area (Å²) in [5.41, 5.74) is 0. The van der Waals surface area contributed by atoms with Crippen molar-refractivity contribution in [2.24, 2.45) is 12.0 Å². The molecular weight excluding hydrogens is 465 g/mol. The van der Waals surface area contributed by atoms with Crippen LogP contribution in [-0.2, 0) is 18.4 Å². The Hall–Kier alpha value is -1.04. The Balaban J connectivity index is 0.00000338. The molecule has 8 nitrogen and oxygen atoms in total. The van der Waals surface area contributed by atoms with Gasteiger partial charge in [-0.1, -0.05) is 0 Å². The van der Waals surface area contributed by atoms with Gasteiger partial charge in [-0.05, 0) is 38.2 Å². The molecule has 1 amide bonds. The molecule has 0 unspecified atom stereocenters. The van der Waals surface area contributed by atoms with Gasteiger partial charge >= 0.3 is 0 Å². The van der Waals surface area contributed by atoms with Crippen molar-refractivity contribution in [1.29, 1.82) is 0 Å². The zero-order chi connectivity index (χ0) is 18.1. The number of carbonyl (C=O) groups excluding carboxylic acids is 1. The van der Waals surface area contributed by atoms with Crippen LogP contribution in [0.3, 0.4) is 0 Å². The van der Waals surface area contributed by atoms with Gasteiger partial charge in [-0.25, -0.2) is 4.99 Å². The predicted molar refractivity (Wildman–Crippen MR) is 117 cm³/mol. The highest BCUT2D eigenvalue weighted by Gasteiger charge is 2.17. The van der Waals surface area contributed by atoms with Crippen molar-refractivity contribution >= 4 is 47.6 Å². The van der Waals surface area contributed by atoms with Crippen molar-refractivity contribution in [3.8, 4) is 0 Å². The average molecular weight is 495 g/mol. The molecule has 1 aromatic heterocycles. The van der Waals surface area contributed by atoms with E-state index in [1.54, 1.807) is 0 Å². The number of thioether (sulfide) groups is 1. The first-order chi connectivity index (χ1) is 12.1. The number of nitrogens with one attached hydrogen (secondary N) is 2. The van der Waals surface area contributed by atoms with Crippen LogP contribution in [0, 0.1) is 6.92 Å². The highest BCUT2D eigenvalue weighted by atomic mass is 127. The van der Waals surface area contributed by atoms with Crippen LogP contribution in [0.15, 0.2) is 4.99 Å². The summed E-state index contributed by atoms with van der Waals surface area (Å²) in [4.78, 5) is 18.7. The monoisotopic (exact) mass is 495 g/mol. The Kier molecular flexibility index (Phi) is 10.9. The van der Waals surface area contributed by atoms with Crippen LogP contribution in [0.5, 0.6) is 0 Å². The maximum absolute atomic E-state index is 12.2. The first-order valence-electron chi connectivity index (χ1n) is 8.75. The number of hydrogen-bond acceptors (Lipinski definition) is 5. The van der Waals surface area contributed by atoms with Crippen molar-refractivity contribution in [3.05, 3.63) is 11.6 Å². The second-order valence-corrected chi connectivity index (χ2v) is 7.09. The summed E-state index contributed by atoms with van der Waals surface area (Å²) in [5.74, 6) is 3.53. The minimum atomic E-state index is 0. The fourth-order valence-electron chi connectivity index (χ4n) is 2.57. The lowest BCUT2D eigenvalue weighted by molar-refractivity contribution is -0.128. The van der Waals surface area contributed by atoms with E-state index in [0.29, 0.717) is 12.5 Å². The smallest absolute Gasteiger partial charge is 0.241 e. The minimum Gasteiger partial charge on any atom is -0.356 e. The number of aromatic nitrogens is 3. The molecule has 2 heterocycles. The van der Waals surface area contributed by atoms with E-state index in [9.17, 15) is 4.79 Å². The number of carbonyl (C=O) groups is 1. The number of aliphatic imine (C=N–C) groups is 1. The largest absolute Gasteiger partial charge is 0.356 e. The summed E-state index contributed by atoms with van der Waals surface area (Å²) >= 11 is 1.82. The number of halogens is 1. The van der Waals surface area contributed by atoms with Gasteiger partial charge in [0.15, 0.2) is 11.8 Å². The third kappa shape index (κ3) is 7.29. The van der Waals surface area contributed by atoms with Gasteiger partial charge in [-0.3, -0.25) is 4.79 Å². The summed E-state index contributed by atoms with van der Waals surface area (Å²) in [6, 6.07) is 0. The third-order valence-electron chi connectivity index (χ3n) is 4.24. The molecule has 1 aliphatic rings. The van der Waals surface area contributed by atoms with Crippen molar-refractivity contribution in [2.75, 3.05) is 38.2 Å². The van der Waals surface area contributed by atoms with Crippen molar-refractivity contribution in [1.82, 2.24) is 30.3 Å². The number of likely N-dealkylation sites (tertiary alicyclic amines) is 1. The van der Waals surface area contributed by atoms with Crippen LogP contribution in [0.4, 0.5) is 0 Å². The van der Waals surface area contributed by atoms with Gasteiger partial charge in [0.25, 0.3) is 0 Å². The molecule has 10 heteroatoms. The van der Waals surface area contributed by atoms with Gasteiger partial charge in [0.05, 0.1) is 6.54 Å². The first kappa shape index (κ1) is 23.0. The molecule has 2 N–H and O–H groups in total. The molecule has 1 aromatic rings. The van der Waals surface area contributed by atoms with E-state index in [2.05, 4.69) is 32.1 Å². The Morgan fingerprint density at radius 3 is 2.62 bits per heavy atom. The van der Waals surface area contributed by atoms with Crippen LogP contribution in [0.1, 0.15) is 30.9 Å². The highest BCUT2D eigenvalue weighted by Crippen LogP contribution is 2.06. The fraction of sp³-hybridized carbons (Fsp3) is 0.750. The Bertz CT molecular complexity index is 587. The number of aryl methyl sites for hydroxylation is 1. The molecule has 1 fully saturated rings. The molecule has 0 aromatic carbocycles. The molecular formula is C16H30IN7OS. The summed E-state index contributed by atoms with van der Waals surface area (Å²) in [7, 11) is 1.93. The molecule has 148 valence electrons. The van der Waals surface area contributed by atoms with E-state index < -0.39 is 0 Å². The van der Waals surface area contributed by atoms with Gasteiger partial charge in [0.1, 0.15) is 12.4 Å². The van der Waals surface area contributed by atoms with Crippen LogP contribution >= 0.6 is 35.7 Å². The lowest BCUT2D eigenvalue weighted by Gasteiger charge is -2.17. The molecule has 2 rings (SSSR count). The van der Waals surface area contributed by atoms with Gasteiger partial charge in [-0.2, -0.15) is 11.8 Å². The van der Waals surface area contributed by atoms with Gasteiger partial charge in [-0.15, -0.1) is 34.2 Å². The molecule has 0 aliphatic carbocycles. The molecule has 0 spiro atoms. The maximum Gasteiger partial charge on any atom is 0.241 e. The number of amides is 1. The Morgan fingerprint density at radius 2 is 2.00 bits per heavy atom. The summed E-state index contributed by atoms with van der Waals surface area (Å²) in [5, 5.41) is 14.6. The van der Waals surface area contributed by atoms with E-state index in [0.717, 1.165) is 56.3 Å². The second kappa shape index (κ2) is 12.4. The molecule has 1 aliphatic heterocycles. The zero-order valence-electron chi connectivity index (χ0n) is 15.8. The lowest BCUT2D eigenvalue weighted by Crippen LogP contribution is -2.44. The van der Waals surface area contributed by atoms with Crippen molar-refractivity contribution in [2.45, 2.75) is 32.7 Å². The summed E-state index contributed by atoms with van der Waals surface area (Å²) in [6.07, 6.45) is 5.35. The van der Waals surface area contributed by atoms with E-state index in [1.165, 1.54) is 0 Å². The molecule has 0 bridgehead atoms. The van der Waals surface area contributed by atoms with Crippen LogP contribution in [-0.4, -0.2) is 69.7 Å². The number of rotatable bonds is 8. The summed E-state index contributed by atoms with van der Waals surface area (Å²) < 4.78 is 1.92. The first-order valence-corrected chi connectivity index (χ1v) is 10.1. The van der Waals surface area contributed by atoms with Crippen molar-refractivity contribution in [3.63, 3.8) is 0 Å². The Labute approximate surface area is 177 Å². The molecule has 26 heavy (non-hydrogen) atoms. The Morgan fingerprint density at radius 1 is 1.27 bits per heavy atom. The van der Waals surface area contributed by atoms with Crippen molar-refractivity contribution < 1.29 is 4.79 Å². The number of nitrogens with zero attached hydrogens (tertiary/aromatic N) is 5. The van der Waals surface area contributed by atoms with E-state index >= 15 is 0 Å². The van der Waals surface area contributed by atoms with Gasteiger partial charge < -0.3 is 20.1 Å². The van der Waals surface area contributed by atoms with E-state index in [4.69, 9.17) is 0 Å². The maximum atomic E-state index is 12.2. The molecule has 0 radical (unpaired) electrons. The van der Waals surface area contributed by atoms with Crippen LogP contribution in [0.2, 0.25) is 0 Å². The predicted octanol–water partition coefficient (Wildman–Crippen LogP) is 1.15. The quantitative estimate of drug-likeness (QED) is 0.244. The standard InChI is InChI=1S/C16H29N7OS.HI/c1-13-20-21-14(22(13)2)11-18-16(17-7-6-10-25-3)19-12-15(24)23-8-4-5-9-23;/h4-12H2,1-3H3,(H2,17,18,19);1H. The summed E-state index contributed by atoms with van der Waals surface area (Å²) in [6.45, 7) is 5.16. The average Bonchev–Trinajstić information content (AvgIpc) is 3.25. The fourth-order valence-corrected chi connectivity index (χ4v) is 3.01. The van der Waals surface area contributed by atoms with Gasteiger partial charge in [0, 0.05) is 26.7 Å². The number of guanidine groups is 1. The van der Waals surface area contributed by atoms with Crippen LogP contribution in [0.25, 0.3) is 0 Å². The zero-order valence-corrected chi connectivity index (χ0v) is 19.0. The molecule has 0 atom stereocenters. The van der Waals surface area contributed by atoms with Gasteiger partial charge in [0.2, 0.25) is 5.91 Å². The van der Waals surface area contributed by atoms with Crippen LogP contribution < -0.4 is 10.6 Å². The number of hydrogen-bond donors (Lipinski definition) is 2. The molecule has 0 saturated carbocycles. The van der Waals surface area contributed by atoms with E-state index in [-0.39, 0.29) is 36.4 Å².